The number of hydrogen-bond acceptors (Lipinski definition) is 7. The fourth-order valence-corrected chi connectivity index (χ4v) is 4.53. The van der Waals surface area contributed by atoms with E-state index in [1.807, 2.05) is 12.1 Å². The first-order valence-electron chi connectivity index (χ1n) is 11.8. The molecule has 0 saturated carbocycles. The second kappa shape index (κ2) is 11.4. The Morgan fingerprint density at radius 1 is 1.14 bits per heavy atom. The quantitative estimate of drug-likeness (QED) is 0.599. The Bertz CT molecular complexity index is 1300. The predicted octanol–water partition coefficient (Wildman–Crippen LogP) is 1.20. The summed E-state index contributed by atoms with van der Waals surface area (Å²) >= 11 is 6.02. The highest BCUT2D eigenvalue weighted by Crippen LogP contribution is 2.34. The summed E-state index contributed by atoms with van der Waals surface area (Å²) in [5.74, 6) is 0.171. The van der Waals surface area contributed by atoms with Crippen molar-refractivity contribution in [3.05, 3.63) is 80.8 Å². The average Bonchev–Trinajstić information content (AvgIpc) is 2.88. The van der Waals surface area contributed by atoms with Crippen molar-refractivity contribution < 1.29 is 23.0 Å². The molecule has 0 bridgehead atoms. The van der Waals surface area contributed by atoms with Crippen LogP contribution in [0.15, 0.2) is 59.2 Å². The van der Waals surface area contributed by atoms with Crippen LogP contribution in [0.1, 0.15) is 11.1 Å². The van der Waals surface area contributed by atoms with E-state index in [9.17, 15) is 18.3 Å². The lowest BCUT2D eigenvalue weighted by molar-refractivity contribution is -0.275. The van der Waals surface area contributed by atoms with Crippen LogP contribution in [0.3, 0.4) is 0 Å². The Balaban J connectivity index is 1.70. The summed E-state index contributed by atoms with van der Waals surface area (Å²) in [6.45, 7) is 2.86. The minimum absolute atomic E-state index is 0.0402. The van der Waals surface area contributed by atoms with Gasteiger partial charge in [0.25, 0.3) is 0 Å². The molecule has 2 heterocycles. The molecule has 0 spiro atoms. The number of nitrogens with one attached hydrogen (secondary N) is 1. The fraction of sp³-hybridized carbons (Fsp3) is 0.346. The van der Waals surface area contributed by atoms with Gasteiger partial charge in [0.05, 0.1) is 31.0 Å². The molecule has 2 aromatic carbocycles. The second-order valence-electron chi connectivity index (χ2n) is 8.66. The van der Waals surface area contributed by atoms with Crippen molar-refractivity contribution in [2.24, 2.45) is 10.7 Å². The SMILES string of the molecule is CNC(C=C1C(N)=NCCN1Cc1cc(Cl)ccc1C(F)(F)F)=c1ccc(=C([O-])N2CCOCC2)cc1. The first kappa shape index (κ1) is 26.7. The normalized spacial score (nSPS) is 17.5. The third kappa shape index (κ3) is 6.31. The van der Waals surface area contributed by atoms with E-state index in [2.05, 4.69) is 10.3 Å². The van der Waals surface area contributed by atoms with Gasteiger partial charge < -0.3 is 30.7 Å². The van der Waals surface area contributed by atoms with Crippen LogP contribution in [-0.4, -0.2) is 62.1 Å². The number of ether oxygens (including phenoxy) is 1. The van der Waals surface area contributed by atoms with Gasteiger partial charge in [0.15, 0.2) is 0 Å². The standard InChI is InChI=1S/C26H29ClF3N5O2/c1-32-22(17-2-4-18(5-3-17)25(36)34-10-12-37-13-11-34)15-23-24(31)33-8-9-35(23)16-19-14-20(27)6-7-21(19)26(28,29)30/h2-7,14-15,32,36H,8-13,16H2,1H3,(H2,31,33)/p-1. The van der Waals surface area contributed by atoms with Crippen LogP contribution in [-0.2, 0) is 17.5 Å². The summed E-state index contributed by atoms with van der Waals surface area (Å²) < 4.78 is 46.2. The van der Waals surface area contributed by atoms with E-state index in [1.54, 1.807) is 35.1 Å². The van der Waals surface area contributed by atoms with E-state index in [-0.39, 0.29) is 28.8 Å². The van der Waals surface area contributed by atoms with Crippen molar-refractivity contribution in [3.63, 3.8) is 0 Å². The number of amidine groups is 1. The summed E-state index contributed by atoms with van der Waals surface area (Å²) in [6.07, 6.45) is -2.75. The molecule has 0 radical (unpaired) electrons. The Labute approximate surface area is 218 Å². The van der Waals surface area contributed by atoms with Gasteiger partial charge in [0.1, 0.15) is 5.84 Å². The molecule has 37 heavy (non-hydrogen) atoms. The number of rotatable bonds is 5. The van der Waals surface area contributed by atoms with Crippen LogP contribution in [0.2, 0.25) is 5.02 Å². The number of nitrogens with zero attached hydrogens (tertiary/aromatic N) is 3. The van der Waals surface area contributed by atoms with Crippen LogP contribution in [0.5, 0.6) is 0 Å². The molecule has 2 aromatic rings. The van der Waals surface area contributed by atoms with Crippen LogP contribution < -0.4 is 26.6 Å². The van der Waals surface area contributed by atoms with Crippen molar-refractivity contribution in [3.8, 4) is 0 Å². The third-order valence-corrected chi connectivity index (χ3v) is 6.52. The monoisotopic (exact) mass is 534 g/mol. The van der Waals surface area contributed by atoms with Crippen molar-refractivity contribution >= 4 is 29.0 Å². The largest absolute Gasteiger partial charge is 0.860 e. The number of hydrogen-bond donors (Lipinski definition) is 2. The maximum absolute atomic E-state index is 13.6. The molecule has 2 aliphatic rings. The van der Waals surface area contributed by atoms with E-state index in [4.69, 9.17) is 22.1 Å². The lowest BCUT2D eigenvalue weighted by Crippen LogP contribution is -2.41. The molecular formula is C26H28ClF3N5O2-. The highest BCUT2D eigenvalue weighted by molar-refractivity contribution is 6.30. The number of alkyl halides is 3. The molecule has 2 aliphatic heterocycles. The highest BCUT2D eigenvalue weighted by atomic mass is 35.5. The van der Waals surface area contributed by atoms with Crippen LogP contribution >= 0.6 is 11.6 Å². The Hall–Kier alpha value is -3.37. The van der Waals surface area contributed by atoms with Gasteiger partial charge in [-0.05, 0) is 46.2 Å². The third-order valence-electron chi connectivity index (χ3n) is 6.28. The number of benzene rings is 2. The van der Waals surface area contributed by atoms with E-state index >= 15 is 0 Å². The average molecular weight is 535 g/mol. The number of morpholine rings is 1. The van der Waals surface area contributed by atoms with Crippen molar-refractivity contribution in [1.29, 1.82) is 0 Å². The van der Waals surface area contributed by atoms with Crippen molar-refractivity contribution in [1.82, 2.24) is 15.1 Å². The first-order valence-corrected chi connectivity index (χ1v) is 12.2. The molecule has 0 aliphatic carbocycles. The number of aliphatic imine (C=N–C) groups is 1. The smallest absolute Gasteiger partial charge is 0.416 e. The van der Waals surface area contributed by atoms with Gasteiger partial charge in [-0.15, -0.1) is 0 Å². The molecule has 0 atom stereocenters. The molecule has 1 saturated heterocycles. The molecule has 4 rings (SSSR count). The second-order valence-corrected chi connectivity index (χ2v) is 9.10. The molecule has 0 aromatic heterocycles. The van der Waals surface area contributed by atoms with Crippen LogP contribution in [0, 0.1) is 0 Å². The Morgan fingerprint density at radius 3 is 2.46 bits per heavy atom. The zero-order valence-corrected chi connectivity index (χ0v) is 21.1. The molecule has 0 unspecified atom stereocenters. The predicted molar refractivity (Wildman–Crippen MR) is 135 cm³/mol. The van der Waals surface area contributed by atoms with Crippen LogP contribution in [0.4, 0.5) is 13.2 Å². The minimum Gasteiger partial charge on any atom is -0.860 e. The molecule has 11 heteroatoms. The van der Waals surface area contributed by atoms with E-state index < -0.39 is 11.7 Å². The lowest BCUT2D eigenvalue weighted by atomic mass is 10.1. The van der Waals surface area contributed by atoms with Gasteiger partial charge in [-0.1, -0.05) is 35.9 Å². The van der Waals surface area contributed by atoms with Gasteiger partial charge >= 0.3 is 6.18 Å². The molecule has 7 nitrogen and oxygen atoms in total. The van der Waals surface area contributed by atoms with Gasteiger partial charge in [0.2, 0.25) is 0 Å². The summed E-state index contributed by atoms with van der Waals surface area (Å²) in [5.41, 5.74) is 6.68. The maximum Gasteiger partial charge on any atom is 0.416 e. The summed E-state index contributed by atoms with van der Waals surface area (Å²) in [7, 11) is 1.73. The molecule has 1 fully saturated rings. The molecular weight excluding hydrogens is 507 g/mol. The lowest BCUT2D eigenvalue weighted by Gasteiger charge is -2.34. The summed E-state index contributed by atoms with van der Waals surface area (Å²) in [6, 6.07) is 10.7. The van der Waals surface area contributed by atoms with Crippen LogP contribution in [0.25, 0.3) is 11.6 Å². The van der Waals surface area contributed by atoms with Gasteiger partial charge in [0, 0.05) is 43.9 Å². The zero-order valence-electron chi connectivity index (χ0n) is 20.3. The number of nitrogens with two attached hydrogens (primary N) is 1. The van der Waals surface area contributed by atoms with E-state index in [0.717, 1.165) is 11.3 Å². The zero-order chi connectivity index (χ0) is 26.6. The van der Waals surface area contributed by atoms with Crippen molar-refractivity contribution in [2.75, 3.05) is 46.4 Å². The van der Waals surface area contributed by atoms with Gasteiger partial charge in [-0.2, -0.15) is 13.2 Å². The number of halogens is 4. The fourth-order valence-electron chi connectivity index (χ4n) is 4.34. The highest BCUT2D eigenvalue weighted by Gasteiger charge is 2.34. The maximum atomic E-state index is 13.6. The minimum atomic E-state index is -4.51. The summed E-state index contributed by atoms with van der Waals surface area (Å²) in [4.78, 5) is 7.81. The topological polar surface area (TPSA) is 89.2 Å². The molecule has 0 amide bonds. The first-order chi connectivity index (χ1) is 17.7. The summed E-state index contributed by atoms with van der Waals surface area (Å²) in [5, 5.41) is 17.4. The van der Waals surface area contributed by atoms with E-state index in [1.165, 1.54) is 12.1 Å². The molecule has 3 N–H and O–H groups in total. The Kier molecular flexibility index (Phi) is 8.19. The Morgan fingerprint density at radius 2 is 1.81 bits per heavy atom. The van der Waals surface area contributed by atoms with E-state index in [0.29, 0.717) is 56.0 Å². The van der Waals surface area contributed by atoms with Crippen molar-refractivity contribution in [2.45, 2.75) is 12.7 Å². The molecule has 198 valence electrons. The van der Waals surface area contributed by atoms with Gasteiger partial charge in [-0.3, -0.25) is 4.99 Å². The number of likely N-dealkylation sites (N-methyl/N-ethyl adjacent to an activating group) is 1. The van der Waals surface area contributed by atoms with Gasteiger partial charge in [-0.25, -0.2) is 0 Å².